The van der Waals surface area contributed by atoms with Gasteiger partial charge < -0.3 is 0 Å². The van der Waals surface area contributed by atoms with Crippen molar-refractivity contribution in [2.45, 2.75) is 6.92 Å². The third-order valence-corrected chi connectivity index (χ3v) is 2.47. The van der Waals surface area contributed by atoms with Crippen molar-refractivity contribution in [3.63, 3.8) is 0 Å². The van der Waals surface area contributed by atoms with Gasteiger partial charge in [-0.3, -0.25) is 4.98 Å². The number of hydrogen-bond donors (Lipinski definition) is 0. The lowest BCUT2D eigenvalue weighted by atomic mass is 10.3. The van der Waals surface area contributed by atoms with Crippen LogP contribution in [0.15, 0.2) is 18.6 Å². The van der Waals surface area contributed by atoms with E-state index in [9.17, 15) is 0 Å². The van der Waals surface area contributed by atoms with Gasteiger partial charge in [0.15, 0.2) is 0 Å². The van der Waals surface area contributed by atoms with Gasteiger partial charge in [-0.25, -0.2) is 9.97 Å². The molecule has 0 fully saturated rings. The van der Waals surface area contributed by atoms with Gasteiger partial charge in [0.2, 0.25) is 0 Å². The molecule has 4 heteroatoms. The van der Waals surface area contributed by atoms with Gasteiger partial charge in [-0.15, -0.1) is 0 Å². The van der Waals surface area contributed by atoms with Gasteiger partial charge in [-0.05, 0) is 35.6 Å². The van der Waals surface area contributed by atoms with Gasteiger partial charge >= 0.3 is 0 Å². The highest BCUT2D eigenvalue weighted by molar-refractivity contribution is 14.1. The summed E-state index contributed by atoms with van der Waals surface area (Å²) in [6.07, 6.45) is 3.38. The molecule has 0 bridgehead atoms. The van der Waals surface area contributed by atoms with E-state index in [4.69, 9.17) is 0 Å². The van der Waals surface area contributed by atoms with Crippen molar-refractivity contribution in [2.24, 2.45) is 0 Å². The van der Waals surface area contributed by atoms with E-state index in [1.54, 1.807) is 6.33 Å². The highest BCUT2D eigenvalue weighted by Gasteiger charge is 1.99. The Morgan fingerprint density at radius 1 is 1.25 bits per heavy atom. The fraction of sp³-hybridized carbons (Fsp3) is 0.125. The van der Waals surface area contributed by atoms with E-state index < -0.39 is 0 Å². The first-order valence-corrected chi connectivity index (χ1v) is 4.58. The molecular formula is C8H6IN3. The zero-order valence-electron chi connectivity index (χ0n) is 6.45. The number of rotatable bonds is 0. The van der Waals surface area contributed by atoms with Crippen LogP contribution in [0.4, 0.5) is 0 Å². The van der Waals surface area contributed by atoms with E-state index in [-0.39, 0.29) is 0 Å². The topological polar surface area (TPSA) is 38.7 Å². The number of aromatic nitrogens is 3. The monoisotopic (exact) mass is 271 g/mol. The summed E-state index contributed by atoms with van der Waals surface area (Å²) in [6.45, 7) is 1.95. The van der Waals surface area contributed by atoms with Crippen molar-refractivity contribution in [3.8, 4) is 0 Å². The molecule has 0 radical (unpaired) electrons. The largest absolute Gasteiger partial charge is 0.261 e. The maximum atomic E-state index is 4.18. The number of pyridine rings is 1. The SMILES string of the molecule is Cc1cc2ncnc(I)c2cn1. The zero-order valence-corrected chi connectivity index (χ0v) is 8.61. The fourth-order valence-corrected chi connectivity index (χ4v) is 1.56. The third kappa shape index (κ3) is 1.26. The number of fused-ring (bicyclic) bond motifs is 1. The molecule has 0 amide bonds. The number of aryl methyl sites for hydroxylation is 1. The van der Waals surface area contributed by atoms with Crippen LogP contribution >= 0.6 is 22.6 Å². The van der Waals surface area contributed by atoms with Crippen LogP contribution in [-0.4, -0.2) is 15.0 Å². The Labute approximate surface area is 83.4 Å². The molecule has 0 aliphatic heterocycles. The molecule has 0 saturated carbocycles. The average Bonchev–Trinajstić information content (AvgIpc) is 2.04. The smallest absolute Gasteiger partial charge is 0.117 e. The molecule has 60 valence electrons. The third-order valence-electron chi connectivity index (χ3n) is 1.61. The standard InChI is InChI=1S/C8H6IN3/c1-5-2-7-6(3-10-5)8(9)12-4-11-7/h2-4H,1H3. The van der Waals surface area contributed by atoms with Crippen LogP contribution in [-0.2, 0) is 0 Å². The summed E-state index contributed by atoms with van der Waals surface area (Å²) in [7, 11) is 0. The molecule has 0 aromatic carbocycles. The van der Waals surface area contributed by atoms with E-state index in [2.05, 4.69) is 37.5 Å². The summed E-state index contributed by atoms with van der Waals surface area (Å²) in [6, 6.07) is 1.96. The Hall–Kier alpha value is -0.780. The minimum Gasteiger partial charge on any atom is -0.261 e. The maximum absolute atomic E-state index is 4.18. The summed E-state index contributed by atoms with van der Waals surface area (Å²) in [5.41, 5.74) is 1.94. The minimum atomic E-state index is 0.949. The van der Waals surface area contributed by atoms with Crippen LogP contribution in [0.1, 0.15) is 5.69 Å². The predicted molar refractivity (Wildman–Crippen MR) is 54.8 cm³/mol. The maximum Gasteiger partial charge on any atom is 0.117 e. The van der Waals surface area contributed by atoms with Crippen LogP contribution in [0.2, 0.25) is 0 Å². The Morgan fingerprint density at radius 2 is 2.08 bits per heavy atom. The first kappa shape index (κ1) is 7.85. The van der Waals surface area contributed by atoms with Crippen molar-refractivity contribution in [1.29, 1.82) is 0 Å². The van der Waals surface area contributed by atoms with Gasteiger partial charge in [-0.1, -0.05) is 0 Å². The molecule has 0 N–H and O–H groups in total. The van der Waals surface area contributed by atoms with Gasteiger partial charge in [-0.2, -0.15) is 0 Å². The second-order valence-corrected chi connectivity index (χ2v) is 3.53. The number of halogens is 1. The van der Waals surface area contributed by atoms with E-state index >= 15 is 0 Å². The normalized spacial score (nSPS) is 10.5. The van der Waals surface area contributed by atoms with Crippen molar-refractivity contribution >= 4 is 33.5 Å². The van der Waals surface area contributed by atoms with E-state index in [0.29, 0.717) is 0 Å². The molecule has 0 unspecified atom stereocenters. The minimum absolute atomic E-state index is 0.949. The quantitative estimate of drug-likeness (QED) is 0.543. The van der Waals surface area contributed by atoms with E-state index in [0.717, 1.165) is 20.3 Å². The highest BCUT2D eigenvalue weighted by atomic mass is 127. The molecular weight excluding hydrogens is 265 g/mol. The number of hydrogen-bond acceptors (Lipinski definition) is 3. The molecule has 2 heterocycles. The summed E-state index contributed by atoms with van der Waals surface area (Å²) in [5, 5.41) is 1.02. The average molecular weight is 271 g/mol. The van der Waals surface area contributed by atoms with Crippen molar-refractivity contribution in [3.05, 3.63) is 28.0 Å². The van der Waals surface area contributed by atoms with Crippen molar-refractivity contribution in [1.82, 2.24) is 15.0 Å². The molecule has 0 saturated heterocycles. The lowest BCUT2D eigenvalue weighted by molar-refractivity contribution is 1.15. The molecule has 2 rings (SSSR count). The molecule has 0 aliphatic carbocycles. The van der Waals surface area contributed by atoms with Gasteiger partial charge in [0.25, 0.3) is 0 Å². The second-order valence-electron chi connectivity index (χ2n) is 2.51. The van der Waals surface area contributed by atoms with Crippen molar-refractivity contribution < 1.29 is 0 Å². The molecule has 12 heavy (non-hydrogen) atoms. The molecule has 3 nitrogen and oxygen atoms in total. The van der Waals surface area contributed by atoms with Crippen molar-refractivity contribution in [2.75, 3.05) is 0 Å². The van der Waals surface area contributed by atoms with Gasteiger partial charge in [0, 0.05) is 11.9 Å². The number of nitrogens with zero attached hydrogens (tertiary/aromatic N) is 3. The van der Waals surface area contributed by atoms with E-state index in [1.807, 2.05) is 19.2 Å². The lowest BCUT2D eigenvalue weighted by Gasteiger charge is -1.98. The van der Waals surface area contributed by atoms with Gasteiger partial charge in [0.1, 0.15) is 10.0 Å². The Balaban J connectivity index is 2.86. The summed E-state index contributed by atoms with van der Waals surface area (Å²) in [4.78, 5) is 12.4. The van der Waals surface area contributed by atoms with E-state index in [1.165, 1.54) is 0 Å². The first-order valence-electron chi connectivity index (χ1n) is 3.50. The molecule has 2 aromatic rings. The zero-order chi connectivity index (χ0) is 8.55. The molecule has 0 aliphatic rings. The molecule has 0 spiro atoms. The van der Waals surface area contributed by atoms with Crippen LogP contribution in [0.5, 0.6) is 0 Å². The molecule has 2 aromatic heterocycles. The lowest BCUT2D eigenvalue weighted by Crippen LogP contribution is -1.89. The summed E-state index contributed by atoms with van der Waals surface area (Å²) < 4.78 is 0.949. The van der Waals surface area contributed by atoms with Crippen LogP contribution in [0.25, 0.3) is 10.9 Å². The summed E-state index contributed by atoms with van der Waals surface area (Å²) in [5.74, 6) is 0. The van der Waals surface area contributed by atoms with Crippen LogP contribution in [0.3, 0.4) is 0 Å². The Kier molecular flexibility index (Phi) is 1.92. The molecule has 0 atom stereocenters. The van der Waals surface area contributed by atoms with Crippen LogP contribution < -0.4 is 0 Å². The Bertz CT molecular complexity index is 428. The highest BCUT2D eigenvalue weighted by Crippen LogP contribution is 2.15. The Morgan fingerprint density at radius 3 is 2.92 bits per heavy atom. The fourth-order valence-electron chi connectivity index (χ4n) is 1.02. The second kappa shape index (κ2) is 2.93. The van der Waals surface area contributed by atoms with Crippen LogP contribution in [0, 0.1) is 10.6 Å². The predicted octanol–water partition coefficient (Wildman–Crippen LogP) is 1.94. The first-order chi connectivity index (χ1) is 5.77. The van der Waals surface area contributed by atoms with Gasteiger partial charge in [0.05, 0.1) is 10.9 Å². The summed E-state index contributed by atoms with van der Waals surface area (Å²) >= 11 is 2.18.